The fraction of sp³-hybridized carbons (Fsp3) is 0.340. The molecule has 0 aromatic heterocycles. The smallest absolute Gasteiger partial charge is 0.303 e. The average molecular weight is 710 g/mol. The summed E-state index contributed by atoms with van der Waals surface area (Å²) >= 11 is 0. The summed E-state index contributed by atoms with van der Waals surface area (Å²) in [4.78, 5) is 24.9. The van der Waals surface area contributed by atoms with Crippen LogP contribution >= 0.6 is 0 Å². The Labute approximate surface area is 314 Å². The van der Waals surface area contributed by atoms with Gasteiger partial charge in [-0.25, -0.2) is 0 Å². The zero-order valence-corrected chi connectivity index (χ0v) is 31.3. The number of benzene rings is 4. The van der Waals surface area contributed by atoms with Crippen LogP contribution in [0.4, 0.5) is 11.4 Å². The van der Waals surface area contributed by atoms with E-state index < -0.39 is 11.9 Å². The third-order valence-electron chi connectivity index (χ3n) is 11.4. The fourth-order valence-corrected chi connectivity index (χ4v) is 8.94. The summed E-state index contributed by atoms with van der Waals surface area (Å²) < 4.78 is 2.46. The SMILES string of the molecule is C=CCC1(C)C(/C=C/C=C2/N(CCCCCC(=O)O)c3ccc4ccccc4c3C2(C)CC=C)=[N+](CCCCCC(=O)O)c2ccc3ccccc3c21. The van der Waals surface area contributed by atoms with Gasteiger partial charge in [0.15, 0.2) is 5.71 Å². The van der Waals surface area contributed by atoms with Gasteiger partial charge >= 0.3 is 11.9 Å². The molecule has 6 nitrogen and oxygen atoms in total. The van der Waals surface area contributed by atoms with Gasteiger partial charge in [-0.1, -0.05) is 79.2 Å². The Balaban J connectivity index is 1.45. The first-order valence-electron chi connectivity index (χ1n) is 19.1. The number of carbonyl (C=O) groups is 2. The summed E-state index contributed by atoms with van der Waals surface area (Å²) in [5.74, 6) is -1.49. The summed E-state index contributed by atoms with van der Waals surface area (Å²) in [5.41, 5.74) is 6.82. The molecule has 6 rings (SSSR count). The van der Waals surface area contributed by atoms with Gasteiger partial charge in [0.2, 0.25) is 5.69 Å². The lowest BCUT2D eigenvalue weighted by molar-refractivity contribution is -0.438. The van der Waals surface area contributed by atoms with Crippen LogP contribution in [0, 0.1) is 0 Å². The zero-order chi connectivity index (χ0) is 37.6. The maximum absolute atomic E-state index is 11.2. The highest BCUT2D eigenvalue weighted by molar-refractivity contribution is 6.08. The minimum absolute atomic E-state index is 0.191. The highest BCUT2D eigenvalue weighted by Gasteiger charge is 2.48. The number of unbranched alkanes of at least 4 members (excludes halogenated alkanes) is 4. The second-order valence-electron chi connectivity index (χ2n) is 15.0. The van der Waals surface area contributed by atoms with Gasteiger partial charge in [0, 0.05) is 60.3 Å². The van der Waals surface area contributed by atoms with Crippen molar-refractivity contribution in [3.63, 3.8) is 0 Å². The van der Waals surface area contributed by atoms with Crippen molar-refractivity contribution in [1.29, 1.82) is 0 Å². The van der Waals surface area contributed by atoms with E-state index in [1.54, 1.807) is 0 Å². The molecule has 0 radical (unpaired) electrons. The largest absolute Gasteiger partial charge is 0.481 e. The van der Waals surface area contributed by atoms with E-state index in [0.717, 1.165) is 51.6 Å². The molecule has 0 aliphatic carbocycles. The van der Waals surface area contributed by atoms with E-state index in [2.05, 4.69) is 128 Å². The fourth-order valence-electron chi connectivity index (χ4n) is 8.94. The average Bonchev–Trinajstić information content (AvgIpc) is 3.52. The quantitative estimate of drug-likeness (QED) is 0.0611. The van der Waals surface area contributed by atoms with Crippen molar-refractivity contribution >= 4 is 50.6 Å². The predicted molar refractivity (Wildman–Crippen MR) is 219 cm³/mol. The number of rotatable bonds is 18. The molecule has 2 atom stereocenters. The first kappa shape index (κ1) is 37.5. The molecule has 2 aliphatic rings. The number of allylic oxidation sites excluding steroid dienone is 6. The van der Waals surface area contributed by atoms with E-state index in [-0.39, 0.29) is 23.7 Å². The molecular formula is C47H53N2O4+. The molecule has 0 spiro atoms. The van der Waals surface area contributed by atoms with Crippen LogP contribution in [0.2, 0.25) is 0 Å². The Morgan fingerprint density at radius 1 is 0.717 bits per heavy atom. The summed E-state index contributed by atoms with van der Waals surface area (Å²) in [5, 5.41) is 23.4. The third kappa shape index (κ3) is 7.37. The maximum Gasteiger partial charge on any atom is 0.303 e. The Kier molecular flexibility index (Phi) is 11.5. The van der Waals surface area contributed by atoms with Crippen LogP contribution in [-0.2, 0) is 20.4 Å². The summed E-state index contributed by atoms with van der Waals surface area (Å²) in [6.45, 7) is 14.7. The molecule has 2 unspecified atom stereocenters. The molecular weight excluding hydrogens is 657 g/mol. The van der Waals surface area contributed by atoms with Crippen molar-refractivity contribution in [1.82, 2.24) is 0 Å². The van der Waals surface area contributed by atoms with Gasteiger partial charge in [-0.2, -0.15) is 4.58 Å². The van der Waals surface area contributed by atoms with Crippen molar-refractivity contribution in [3.05, 3.63) is 133 Å². The zero-order valence-electron chi connectivity index (χ0n) is 31.3. The molecule has 53 heavy (non-hydrogen) atoms. The standard InChI is InChI=1S/C47H52N2O4/c1-5-30-46(3)40(48(32-15-7-9-24-42(50)51)38-28-26-34-18-11-13-20-36(34)44(38)46)22-17-23-41-47(4,31-6-2)45-37-21-14-12-19-35(37)27-29-39(45)49(41)33-16-8-10-25-43(52)53/h5-6,11-14,17-23,26-29H,1-2,7-10,15-16,24-25,30-33H2,3-4H3,(H-,50,51,52,53)/p+1. The second kappa shape index (κ2) is 16.2. The van der Waals surface area contributed by atoms with Crippen molar-refractivity contribution in [2.45, 2.75) is 88.9 Å². The van der Waals surface area contributed by atoms with Crippen LogP contribution in [0.15, 0.2) is 122 Å². The van der Waals surface area contributed by atoms with Crippen LogP contribution < -0.4 is 4.90 Å². The number of aliphatic carboxylic acids is 2. The molecule has 0 bridgehead atoms. The van der Waals surface area contributed by atoms with Crippen LogP contribution in [0.1, 0.15) is 89.2 Å². The topological polar surface area (TPSA) is 80.9 Å². The van der Waals surface area contributed by atoms with Crippen LogP contribution in [-0.4, -0.2) is 45.5 Å². The van der Waals surface area contributed by atoms with Gasteiger partial charge in [0.1, 0.15) is 6.54 Å². The van der Waals surface area contributed by atoms with E-state index in [4.69, 9.17) is 0 Å². The van der Waals surface area contributed by atoms with Gasteiger partial charge in [-0.05, 0) is 97.7 Å². The number of anilines is 1. The first-order valence-corrected chi connectivity index (χ1v) is 19.1. The van der Waals surface area contributed by atoms with Gasteiger partial charge < -0.3 is 15.1 Å². The van der Waals surface area contributed by atoms with Gasteiger partial charge in [0.05, 0.1) is 5.41 Å². The normalized spacial score (nSPS) is 20.1. The minimum atomic E-state index is -0.746. The van der Waals surface area contributed by atoms with E-state index in [9.17, 15) is 19.8 Å². The maximum atomic E-state index is 11.2. The lowest BCUT2D eigenvalue weighted by atomic mass is 9.74. The number of carboxylic acids is 2. The molecule has 0 fully saturated rings. The van der Waals surface area contributed by atoms with Gasteiger partial charge in [-0.3, -0.25) is 9.59 Å². The van der Waals surface area contributed by atoms with Crippen LogP contribution in [0.25, 0.3) is 21.5 Å². The van der Waals surface area contributed by atoms with Crippen molar-refractivity contribution in [2.75, 3.05) is 18.0 Å². The molecule has 0 amide bonds. The van der Waals surface area contributed by atoms with E-state index in [0.29, 0.717) is 12.8 Å². The number of nitrogens with zero attached hydrogens (tertiary/aromatic N) is 2. The number of hydrogen-bond donors (Lipinski definition) is 2. The van der Waals surface area contributed by atoms with Gasteiger partial charge in [-0.15, -0.1) is 13.2 Å². The van der Waals surface area contributed by atoms with E-state index in [1.165, 1.54) is 55.5 Å². The van der Waals surface area contributed by atoms with Crippen molar-refractivity contribution in [3.8, 4) is 0 Å². The Morgan fingerprint density at radius 2 is 1.30 bits per heavy atom. The molecule has 0 saturated heterocycles. The summed E-state index contributed by atoms with van der Waals surface area (Å²) in [6.07, 6.45) is 17.6. The Morgan fingerprint density at radius 3 is 1.94 bits per heavy atom. The number of hydrogen-bond acceptors (Lipinski definition) is 3. The highest BCUT2D eigenvalue weighted by Crippen LogP contribution is 2.53. The molecule has 2 heterocycles. The molecule has 274 valence electrons. The first-order chi connectivity index (χ1) is 25.6. The van der Waals surface area contributed by atoms with Gasteiger partial charge in [0.25, 0.3) is 0 Å². The monoisotopic (exact) mass is 709 g/mol. The summed E-state index contributed by atoms with van der Waals surface area (Å²) in [7, 11) is 0. The Hall–Kier alpha value is -5.23. The molecule has 0 saturated carbocycles. The summed E-state index contributed by atoms with van der Waals surface area (Å²) in [6, 6.07) is 26.1. The second-order valence-corrected chi connectivity index (χ2v) is 15.0. The number of carboxylic acid groups (broad SMARTS) is 2. The Bertz CT molecular complexity index is 2140. The van der Waals surface area contributed by atoms with Crippen LogP contribution in [0.5, 0.6) is 0 Å². The van der Waals surface area contributed by atoms with Crippen LogP contribution in [0.3, 0.4) is 0 Å². The minimum Gasteiger partial charge on any atom is -0.481 e. The number of fused-ring (bicyclic) bond motifs is 6. The lowest BCUT2D eigenvalue weighted by Gasteiger charge is -2.30. The highest BCUT2D eigenvalue weighted by atomic mass is 16.4. The molecule has 4 aromatic rings. The molecule has 6 heteroatoms. The predicted octanol–water partition coefficient (Wildman–Crippen LogP) is 11.0. The molecule has 2 N–H and O–H groups in total. The van der Waals surface area contributed by atoms with Crippen molar-refractivity contribution in [2.24, 2.45) is 0 Å². The van der Waals surface area contributed by atoms with E-state index in [1.807, 2.05) is 12.2 Å². The molecule has 2 aliphatic heterocycles. The van der Waals surface area contributed by atoms with E-state index >= 15 is 0 Å². The third-order valence-corrected chi connectivity index (χ3v) is 11.4. The molecule has 4 aromatic carbocycles. The lowest BCUT2D eigenvalue weighted by Crippen LogP contribution is -2.31. The van der Waals surface area contributed by atoms with Crippen molar-refractivity contribution < 1.29 is 24.4 Å².